The van der Waals surface area contributed by atoms with Crippen LogP contribution in [0, 0.1) is 11.3 Å². The Bertz CT molecular complexity index is 549. The lowest BCUT2D eigenvalue weighted by Gasteiger charge is -2.21. The summed E-state index contributed by atoms with van der Waals surface area (Å²) in [5.41, 5.74) is -0.782. The van der Waals surface area contributed by atoms with Gasteiger partial charge in [-0.1, -0.05) is 5.16 Å². The Morgan fingerprint density at radius 3 is 2.96 bits per heavy atom. The smallest absolute Gasteiger partial charge is 0.313 e. The van der Waals surface area contributed by atoms with E-state index in [9.17, 15) is 9.90 Å². The van der Waals surface area contributed by atoms with Gasteiger partial charge in [-0.25, -0.2) is 0 Å². The second kappa shape index (κ2) is 7.49. The minimum atomic E-state index is -0.784. The number of ether oxygens (including phenoxy) is 2. The van der Waals surface area contributed by atoms with E-state index in [1.54, 1.807) is 7.11 Å². The summed E-state index contributed by atoms with van der Waals surface area (Å²) in [7, 11) is 1.56. The van der Waals surface area contributed by atoms with Gasteiger partial charge in [-0.05, 0) is 0 Å². The van der Waals surface area contributed by atoms with Crippen LogP contribution in [0.25, 0.3) is 0 Å². The highest BCUT2D eigenvalue weighted by Crippen LogP contribution is 2.41. The molecule has 10 nitrogen and oxygen atoms in total. The first kappa shape index (κ1) is 17.3. The maximum Gasteiger partial charge on any atom is 0.313 e. The molecule has 2 N–H and O–H groups in total. The molecular weight excluding hydrogens is 310 g/mol. The van der Waals surface area contributed by atoms with Gasteiger partial charge in [0.25, 0.3) is 6.47 Å². The molecule has 2 fully saturated rings. The number of rotatable bonds is 5. The highest BCUT2D eigenvalue weighted by molar-refractivity contribution is 5.76. The monoisotopic (exact) mass is 329 g/mol. The molecule has 0 bridgehead atoms. The second-order valence-corrected chi connectivity index (χ2v) is 5.49. The van der Waals surface area contributed by atoms with E-state index in [2.05, 4.69) is 10.1 Å². The topological polar surface area (TPSA) is 135 Å². The predicted octanol–water partition coefficient (Wildman–Crippen LogP) is -0.550. The molecule has 0 aromatic carbocycles. The predicted molar refractivity (Wildman–Crippen MR) is 73.4 cm³/mol. The average molecular weight is 329 g/mol. The molecule has 2 atom stereocenters. The largest absolute Gasteiger partial charge is 0.483 e. The molecule has 128 valence electrons. The fraction of sp³-hybridized carbons (Fsp3) is 0.692. The number of carboxylic acids is 1. The van der Waals surface area contributed by atoms with Crippen LogP contribution in [0.3, 0.4) is 0 Å². The number of likely N-dealkylation sites (tertiary alicyclic amines) is 1. The SMILES string of the molecule is COCc1noc(CN2C[C@@H]3COC[C@]3(C(=O)O)C2)n1.O=CO. The Balaban J connectivity index is 0.000000595. The van der Waals surface area contributed by atoms with Crippen molar-refractivity contribution in [3.05, 3.63) is 11.7 Å². The van der Waals surface area contributed by atoms with Crippen molar-refractivity contribution in [2.75, 3.05) is 33.4 Å². The van der Waals surface area contributed by atoms with Gasteiger partial charge in [0, 0.05) is 26.1 Å². The molecule has 0 aliphatic carbocycles. The minimum Gasteiger partial charge on any atom is -0.483 e. The van der Waals surface area contributed by atoms with Crippen LogP contribution in [0.1, 0.15) is 11.7 Å². The van der Waals surface area contributed by atoms with Crippen LogP contribution in [-0.2, 0) is 32.2 Å². The van der Waals surface area contributed by atoms with Gasteiger partial charge in [-0.15, -0.1) is 0 Å². The van der Waals surface area contributed by atoms with Crippen LogP contribution in [0.4, 0.5) is 0 Å². The minimum absolute atomic E-state index is 0.0290. The number of methoxy groups -OCH3 is 1. The zero-order chi connectivity index (χ0) is 16.9. The van der Waals surface area contributed by atoms with Crippen molar-refractivity contribution in [2.24, 2.45) is 11.3 Å². The molecule has 1 aromatic rings. The summed E-state index contributed by atoms with van der Waals surface area (Å²) in [6.07, 6.45) is 0. The molecule has 2 aliphatic heterocycles. The van der Waals surface area contributed by atoms with Crippen molar-refractivity contribution in [3.63, 3.8) is 0 Å². The van der Waals surface area contributed by atoms with Crippen molar-refractivity contribution in [1.29, 1.82) is 0 Å². The molecule has 23 heavy (non-hydrogen) atoms. The first-order valence-electron chi connectivity index (χ1n) is 6.97. The van der Waals surface area contributed by atoms with Gasteiger partial charge in [0.2, 0.25) is 5.89 Å². The van der Waals surface area contributed by atoms with Gasteiger partial charge in [-0.3, -0.25) is 14.5 Å². The summed E-state index contributed by atoms with van der Waals surface area (Å²) in [6.45, 7) is 2.42. The van der Waals surface area contributed by atoms with E-state index < -0.39 is 11.4 Å². The van der Waals surface area contributed by atoms with Gasteiger partial charge in [0.05, 0.1) is 19.8 Å². The lowest BCUT2D eigenvalue weighted by molar-refractivity contribution is -0.149. The third kappa shape index (κ3) is 3.66. The van der Waals surface area contributed by atoms with Crippen LogP contribution >= 0.6 is 0 Å². The molecule has 2 aliphatic rings. The number of carboxylic acid groups (broad SMARTS) is 2. The van der Waals surface area contributed by atoms with Crippen molar-refractivity contribution >= 4 is 12.4 Å². The highest BCUT2D eigenvalue weighted by atomic mass is 16.5. The number of nitrogens with zero attached hydrogens (tertiary/aromatic N) is 3. The quantitative estimate of drug-likeness (QED) is 0.677. The van der Waals surface area contributed by atoms with Gasteiger partial charge in [0.1, 0.15) is 12.0 Å². The lowest BCUT2D eigenvalue weighted by atomic mass is 9.81. The number of aliphatic carboxylic acids is 1. The first-order chi connectivity index (χ1) is 11.1. The van der Waals surface area contributed by atoms with Gasteiger partial charge in [0.15, 0.2) is 5.82 Å². The van der Waals surface area contributed by atoms with Crippen LogP contribution in [0.2, 0.25) is 0 Å². The van der Waals surface area contributed by atoms with Crippen LogP contribution < -0.4 is 0 Å². The van der Waals surface area contributed by atoms with Crippen LogP contribution in [0.5, 0.6) is 0 Å². The second-order valence-electron chi connectivity index (χ2n) is 5.49. The lowest BCUT2D eigenvalue weighted by Crippen LogP contribution is -2.38. The number of hydrogen-bond acceptors (Lipinski definition) is 8. The third-order valence-electron chi connectivity index (χ3n) is 4.01. The Kier molecular flexibility index (Phi) is 5.64. The van der Waals surface area contributed by atoms with E-state index in [0.29, 0.717) is 44.6 Å². The van der Waals surface area contributed by atoms with E-state index >= 15 is 0 Å². The van der Waals surface area contributed by atoms with Crippen molar-refractivity contribution in [1.82, 2.24) is 15.0 Å². The van der Waals surface area contributed by atoms with Crippen LogP contribution in [-0.4, -0.2) is 71.1 Å². The van der Waals surface area contributed by atoms with E-state index in [1.165, 1.54) is 0 Å². The van der Waals surface area contributed by atoms with Crippen molar-refractivity contribution in [2.45, 2.75) is 13.2 Å². The first-order valence-corrected chi connectivity index (χ1v) is 6.97. The van der Waals surface area contributed by atoms with E-state index in [0.717, 1.165) is 0 Å². The van der Waals surface area contributed by atoms with Gasteiger partial charge >= 0.3 is 5.97 Å². The molecule has 0 saturated carbocycles. The number of hydrogen-bond donors (Lipinski definition) is 2. The number of aromatic nitrogens is 2. The van der Waals surface area contributed by atoms with Gasteiger partial charge < -0.3 is 24.2 Å². The molecule has 0 unspecified atom stereocenters. The Labute approximate surface area is 132 Å². The van der Waals surface area contributed by atoms with E-state index in [4.69, 9.17) is 23.9 Å². The van der Waals surface area contributed by atoms with E-state index in [1.807, 2.05) is 4.90 Å². The van der Waals surface area contributed by atoms with Crippen LogP contribution in [0.15, 0.2) is 4.52 Å². The highest BCUT2D eigenvalue weighted by Gasteiger charge is 2.56. The molecule has 2 saturated heterocycles. The Morgan fingerprint density at radius 2 is 2.35 bits per heavy atom. The third-order valence-corrected chi connectivity index (χ3v) is 4.01. The zero-order valence-corrected chi connectivity index (χ0v) is 12.7. The fourth-order valence-electron chi connectivity index (χ4n) is 3.00. The number of fused-ring (bicyclic) bond motifs is 1. The molecule has 0 radical (unpaired) electrons. The van der Waals surface area contributed by atoms with Gasteiger partial charge in [-0.2, -0.15) is 4.98 Å². The average Bonchev–Trinajstić information content (AvgIpc) is 3.15. The molecule has 0 amide bonds. The summed E-state index contributed by atoms with van der Waals surface area (Å²) in [5, 5.41) is 20.1. The number of carbonyl (C=O) groups is 2. The van der Waals surface area contributed by atoms with E-state index in [-0.39, 0.29) is 19.0 Å². The molecule has 10 heteroatoms. The zero-order valence-electron chi connectivity index (χ0n) is 12.7. The standard InChI is InChI=1S/C12H17N3O5.CH2O2/c1-18-5-9-13-10(20-14-9)3-15-2-8-4-19-7-12(8,6-15)11(16)17;2-1-3/h8H,2-7H2,1H3,(H,16,17);1H,(H,2,3)/t8-,12-;/m1./s1. The Morgan fingerprint density at radius 1 is 1.61 bits per heavy atom. The maximum absolute atomic E-state index is 11.5. The molecule has 0 spiro atoms. The Hall–Kier alpha value is -2.04. The summed E-state index contributed by atoms with van der Waals surface area (Å²) in [4.78, 5) is 26.1. The summed E-state index contributed by atoms with van der Waals surface area (Å²) < 4.78 is 15.4. The normalized spacial score (nSPS) is 26.4. The van der Waals surface area contributed by atoms with Crippen molar-refractivity contribution < 1.29 is 33.8 Å². The molecular formula is C13H19N3O7. The molecule has 1 aromatic heterocycles. The van der Waals surface area contributed by atoms with Crippen molar-refractivity contribution in [3.8, 4) is 0 Å². The maximum atomic E-state index is 11.5. The molecule has 3 heterocycles. The summed E-state index contributed by atoms with van der Waals surface area (Å²) >= 11 is 0. The fourth-order valence-corrected chi connectivity index (χ4v) is 3.00. The summed E-state index contributed by atoms with van der Waals surface area (Å²) in [5.74, 6) is 0.228. The molecule has 3 rings (SSSR count). The summed E-state index contributed by atoms with van der Waals surface area (Å²) in [6, 6.07) is 0.